The van der Waals surface area contributed by atoms with E-state index in [1.165, 1.54) is 12.3 Å². The molecule has 1 aromatic heterocycles. The second-order valence-electron chi connectivity index (χ2n) is 3.25. The van der Waals surface area contributed by atoms with E-state index in [2.05, 4.69) is 4.98 Å². The summed E-state index contributed by atoms with van der Waals surface area (Å²) in [6.07, 6.45) is 1.36. The Balaban J connectivity index is 2.17. The van der Waals surface area contributed by atoms with Crippen LogP contribution in [-0.4, -0.2) is 30.2 Å². The molecule has 2 heterocycles. The molecule has 0 bridgehead atoms. The lowest BCUT2D eigenvalue weighted by Gasteiger charge is -2.26. The molecule has 6 nitrogen and oxygen atoms in total. The SMILES string of the molecule is NC(=O)c1cc(OC2COC2)ncc1N. The lowest BCUT2D eigenvalue weighted by atomic mass is 10.2. The molecule has 1 saturated heterocycles. The van der Waals surface area contributed by atoms with Crippen LogP contribution in [0.3, 0.4) is 0 Å². The van der Waals surface area contributed by atoms with Gasteiger partial charge >= 0.3 is 0 Å². The van der Waals surface area contributed by atoms with Crippen molar-refractivity contribution in [1.29, 1.82) is 0 Å². The van der Waals surface area contributed by atoms with Crippen LogP contribution in [0.2, 0.25) is 0 Å². The minimum atomic E-state index is -0.593. The molecule has 0 unspecified atom stereocenters. The molecular formula is C9H11N3O3. The molecule has 1 aliphatic rings. The summed E-state index contributed by atoms with van der Waals surface area (Å²) in [6, 6.07) is 1.44. The van der Waals surface area contributed by atoms with Crippen molar-refractivity contribution in [3.8, 4) is 5.88 Å². The fourth-order valence-corrected chi connectivity index (χ4v) is 1.18. The number of nitrogens with zero attached hydrogens (tertiary/aromatic N) is 1. The summed E-state index contributed by atoms with van der Waals surface area (Å²) in [5.74, 6) is -0.254. The van der Waals surface area contributed by atoms with E-state index in [-0.39, 0.29) is 17.4 Å². The van der Waals surface area contributed by atoms with Crippen LogP contribution in [0, 0.1) is 0 Å². The van der Waals surface area contributed by atoms with Crippen LogP contribution < -0.4 is 16.2 Å². The van der Waals surface area contributed by atoms with Gasteiger partial charge in [0.15, 0.2) is 0 Å². The van der Waals surface area contributed by atoms with Crippen LogP contribution in [0.5, 0.6) is 5.88 Å². The van der Waals surface area contributed by atoms with Gasteiger partial charge in [0, 0.05) is 6.07 Å². The highest BCUT2D eigenvalue weighted by atomic mass is 16.6. The molecule has 0 spiro atoms. The zero-order valence-electron chi connectivity index (χ0n) is 7.97. The maximum Gasteiger partial charge on any atom is 0.251 e. The first-order valence-electron chi connectivity index (χ1n) is 4.46. The summed E-state index contributed by atoms with van der Waals surface area (Å²) in [4.78, 5) is 14.9. The number of nitrogens with two attached hydrogens (primary N) is 2. The van der Waals surface area contributed by atoms with Gasteiger partial charge < -0.3 is 20.9 Å². The van der Waals surface area contributed by atoms with Gasteiger partial charge in [0.25, 0.3) is 5.91 Å². The smallest absolute Gasteiger partial charge is 0.251 e. The number of nitrogen functional groups attached to an aromatic ring is 1. The van der Waals surface area contributed by atoms with Crippen molar-refractivity contribution < 1.29 is 14.3 Å². The van der Waals surface area contributed by atoms with Crippen LogP contribution in [-0.2, 0) is 4.74 Å². The summed E-state index contributed by atoms with van der Waals surface area (Å²) in [6.45, 7) is 1.08. The van der Waals surface area contributed by atoms with Crippen molar-refractivity contribution in [3.05, 3.63) is 17.8 Å². The predicted octanol–water partition coefficient (Wildman–Crippen LogP) is -0.460. The van der Waals surface area contributed by atoms with Gasteiger partial charge in [0.1, 0.15) is 6.10 Å². The molecule has 0 aromatic carbocycles. The highest BCUT2D eigenvalue weighted by Gasteiger charge is 2.21. The van der Waals surface area contributed by atoms with E-state index >= 15 is 0 Å². The highest BCUT2D eigenvalue weighted by Crippen LogP contribution is 2.18. The van der Waals surface area contributed by atoms with Gasteiger partial charge in [-0.3, -0.25) is 4.79 Å². The fourth-order valence-electron chi connectivity index (χ4n) is 1.18. The van der Waals surface area contributed by atoms with Crippen molar-refractivity contribution in [1.82, 2.24) is 4.98 Å². The van der Waals surface area contributed by atoms with Gasteiger partial charge in [-0.2, -0.15) is 0 Å². The van der Waals surface area contributed by atoms with Gasteiger partial charge in [0.2, 0.25) is 5.88 Å². The summed E-state index contributed by atoms with van der Waals surface area (Å²) in [5, 5.41) is 0. The van der Waals surface area contributed by atoms with E-state index < -0.39 is 5.91 Å². The van der Waals surface area contributed by atoms with E-state index in [0.29, 0.717) is 19.1 Å². The van der Waals surface area contributed by atoms with Crippen LogP contribution in [0.4, 0.5) is 5.69 Å². The molecule has 0 saturated carbocycles. The average molecular weight is 209 g/mol. The Labute approximate surface area is 86.2 Å². The van der Waals surface area contributed by atoms with Crippen molar-refractivity contribution in [2.75, 3.05) is 18.9 Å². The molecule has 6 heteroatoms. The molecule has 1 aliphatic heterocycles. The topological polar surface area (TPSA) is 100 Å². The number of amides is 1. The summed E-state index contributed by atoms with van der Waals surface area (Å²) < 4.78 is 10.3. The lowest BCUT2D eigenvalue weighted by Crippen LogP contribution is -2.38. The second kappa shape index (κ2) is 3.74. The number of anilines is 1. The molecule has 1 aromatic rings. The number of rotatable bonds is 3. The third-order valence-corrected chi connectivity index (χ3v) is 2.07. The van der Waals surface area contributed by atoms with Gasteiger partial charge in [-0.05, 0) is 0 Å². The number of pyridine rings is 1. The summed E-state index contributed by atoms with van der Waals surface area (Å²) in [5.41, 5.74) is 11.1. The largest absolute Gasteiger partial charge is 0.469 e. The Morgan fingerprint density at radius 2 is 2.33 bits per heavy atom. The standard InChI is InChI=1S/C9H11N3O3/c10-7-2-12-8(1-6(7)9(11)13)15-5-3-14-4-5/h1-2,5H,3-4,10H2,(H2,11,13). The number of hydrogen-bond donors (Lipinski definition) is 2. The maximum absolute atomic E-state index is 11.0. The predicted molar refractivity (Wildman–Crippen MR) is 52.4 cm³/mol. The Morgan fingerprint density at radius 1 is 1.60 bits per heavy atom. The number of carbonyl (C=O) groups is 1. The first kappa shape index (κ1) is 9.72. The molecule has 15 heavy (non-hydrogen) atoms. The van der Waals surface area contributed by atoms with Crippen LogP contribution in [0.25, 0.3) is 0 Å². The molecule has 80 valence electrons. The molecule has 0 aliphatic carbocycles. The third-order valence-electron chi connectivity index (χ3n) is 2.07. The normalized spacial score (nSPS) is 15.7. The first-order valence-corrected chi connectivity index (χ1v) is 4.46. The van der Waals surface area contributed by atoms with Gasteiger partial charge in [0.05, 0.1) is 30.7 Å². The third kappa shape index (κ3) is 1.99. The van der Waals surface area contributed by atoms with Crippen molar-refractivity contribution >= 4 is 11.6 Å². The minimum absolute atomic E-state index is 0.00171. The van der Waals surface area contributed by atoms with Crippen molar-refractivity contribution in [2.24, 2.45) is 5.73 Å². The molecule has 1 amide bonds. The van der Waals surface area contributed by atoms with E-state index in [1.807, 2.05) is 0 Å². The maximum atomic E-state index is 11.0. The van der Waals surface area contributed by atoms with Gasteiger partial charge in [-0.15, -0.1) is 0 Å². The van der Waals surface area contributed by atoms with Crippen LogP contribution in [0.1, 0.15) is 10.4 Å². The molecule has 1 fully saturated rings. The molecule has 0 atom stereocenters. The number of primary amides is 1. The molecular weight excluding hydrogens is 198 g/mol. The average Bonchev–Trinajstić information content (AvgIpc) is 2.13. The van der Waals surface area contributed by atoms with Crippen LogP contribution in [0.15, 0.2) is 12.3 Å². The Bertz CT molecular complexity index is 390. The zero-order valence-corrected chi connectivity index (χ0v) is 7.97. The van der Waals surface area contributed by atoms with E-state index in [9.17, 15) is 4.79 Å². The second-order valence-corrected chi connectivity index (χ2v) is 3.25. The zero-order chi connectivity index (χ0) is 10.8. The van der Waals surface area contributed by atoms with E-state index in [4.69, 9.17) is 20.9 Å². The van der Waals surface area contributed by atoms with E-state index in [1.54, 1.807) is 0 Å². The van der Waals surface area contributed by atoms with Crippen molar-refractivity contribution in [2.45, 2.75) is 6.10 Å². The van der Waals surface area contributed by atoms with Crippen LogP contribution >= 0.6 is 0 Å². The number of ether oxygens (including phenoxy) is 2. The quantitative estimate of drug-likeness (QED) is 0.701. The fraction of sp³-hybridized carbons (Fsp3) is 0.333. The monoisotopic (exact) mass is 209 g/mol. The molecule has 4 N–H and O–H groups in total. The van der Waals surface area contributed by atoms with Gasteiger partial charge in [-0.1, -0.05) is 0 Å². The van der Waals surface area contributed by atoms with E-state index in [0.717, 1.165) is 0 Å². The Kier molecular flexibility index (Phi) is 2.42. The number of carbonyl (C=O) groups excluding carboxylic acids is 1. The van der Waals surface area contributed by atoms with Crippen molar-refractivity contribution in [3.63, 3.8) is 0 Å². The molecule has 2 rings (SSSR count). The lowest BCUT2D eigenvalue weighted by molar-refractivity contribution is -0.0813. The number of aromatic nitrogens is 1. The highest BCUT2D eigenvalue weighted by molar-refractivity contribution is 5.97. The van der Waals surface area contributed by atoms with Gasteiger partial charge in [-0.25, -0.2) is 4.98 Å². The number of hydrogen-bond acceptors (Lipinski definition) is 5. The summed E-state index contributed by atoms with van der Waals surface area (Å²) in [7, 11) is 0. The Hall–Kier alpha value is -1.82. The minimum Gasteiger partial charge on any atom is -0.469 e. The summed E-state index contributed by atoms with van der Waals surface area (Å²) >= 11 is 0. The Morgan fingerprint density at radius 3 is 2.87 bits per heavy atom. The molecule has 0 radical (unpaired) electrons. The first-order chi connectivity index (χ1) is 7.16.